The third-order valence-electron chi connectivity index (χ3n) is 8.69. The van der Waals surface area contributed by atoms with Gasteiger partial charge < -0.3 is 27.8 Å². The van der Waals surface area contributed by atoms with Crippen molar-refractivity contribution in [3.63, 3.8) is 0 Å². The Bertz CT molecular complexity index is 868. The third-order valence-corrected chi connectivity index (χ3v) is 17.7. The van der Waals surface area contributed by atoms with Gasteiger partial charge in [-0.2, -0.15) is 0 Å². The van der Waals surface area contributed by atoms with Crippen LogP contribution in [0.3, 0.4) is 0 Å². The lowest BCUT2D eigenvalue weighted by molar-refractivity contribution is -0.158. The van der Waals surface area contributed by atoms with E-state index < -0.39 is 58.1 Å². The van der Waals surface area contributed by atoms with E-state index >= 15 is 0 Å². The molecule has 39 heavy (non-hydrogen) atoms. The molecular formula is C29H59NO7Si2. The molecule has 0 spiro atoms. The average molecular weight is 590 g/mol. The first kappa shape index (κ1) is 34.7. The lowest BCUT2D eigenvalue weighted by Crippen LogP contribution is -2.59. The molecule has 0 aromatic carbocycles. The lowest BCUT2D eigenvalue weighted by atomic mass is 10.0. The van der Waals surface area contributed by atoms with Crippen molar-refractivity contribution in [1.82, 2.24) is 4.90 Å². The molecule has 4 atom stereocenters. The first-order valence-electron chi connectivity index (χ1n) is 14.4. The Morgan fingerprint density at radius 2 is 1.41 bits per heavy atom. The van der Waals surface area contributed by atoms with Gasteiger partial charge in [-0.25, -0.2) is 4.79 Å². The minimum atomic E-state index is -2.23. The van der Waals surface area contributed by atoms with Gasteiger partial charge in [0.1, 0.15) is 23.5 Å². The summed E-state index contributed by atoms with van der Waals surface area (Å²) in [4.78, 5) is 15.2. The molecule has 0 radical (unpaired) electrons. The Morgan fingerprint density at radius 3 is 1.87 bits per heavy atom. The number of hydrogen-bond donors (Lipinski definition) is 0. The second-order valence-electron chi connectivity index (χ2n) is 16.2. The molecule has 2 aliphatic rings. The van der Waals surface area contributed by atoms with E-state index in [1.165, 1.54) is 0 Å². The first-order chi connectivity index (χ1) is 17.1. The maximum Gasteiger partial charge on any atom is 0.412 e. The quantitative estimate of drug-likeness (QED) is 0.289. The Kier molecular flexibility index (Phi) is 9.76. The summed E-state index contributed by atoms with van der Waals surface area (Å²) >= 11 is 0. The standard InChI is InChI=1S/C29H59NO7Si2/c1-25(2,3)36-24(31)30-20(18-32-28(30,10)11)22-23(35-29(12,13)34-22)21(37-39(16,17)27(7,8)9)19-33-38(14,15)26(4,5)6/h20-23H,18-19H2,1-17H3/t20-,21+,22-,23+/m0/s1. The number of amides is 1. The van der Waals surface area contributed by atoms with Crippen molar-refractivity contribution >= 4 is 22.7 Å². The highest BCUT2D eigenvalue weighted by Crippen LogP contribution is 2.44. The number of carbonyl (C=O) groups is 1. The van der Waals surface area contributed by atoms with Crippen molar-refractivity contribution in [2.24, 2.45) is 0 Å². The second-order valence-corrected chi connectivity index (χ2v) is 25.8. The van der Waals surface area contributed by atoms with Crippen LogP contribution in [0.1, 0.15) is 90.0 Å². The molecule has 0 aromatic heterocycles. The van der Waals surface area contributed by atoms with Crippen LogP contribution in [0, 0.1) is 0 Å². The molecule has 2 heterocycles. The molecule has 0 bridgehead atoms. The number of hydrogen-bond acceptors (Lipinski definition) is 7. The second kappa shape index (κ2) is 11.0. The van der Waals surface area contributed by atoms with Gasteiger partial charge in [-0.3, -0.25) is 4.90 Å². The van der Waals surface area contributed by atoms with Crippen LogP contribution in [-0.4, -0.2) is 82.3 Å². The summed E-state index contributed by atoms with van der Waals surface area (Å²) in [6, 6.07) is -0.417. The summed E-state index contributed by atoms with van der Waals surface area (Å²) in [6.45, 7) is 36.3. The number of carbonyl (C=O) groups excluding carboxylic acids is 1. The molecule has 2 fully saturated rings. The van der Waals surface area contributed by atoms with E-state index in [1.54, 1.807) is 4.90 Å². The van der Waals surface area contributed by atoms with Crippen LogP contribution in [0.4, 0.5) is 4.79 Å². The molecule has 2 aliphatic heterocycles. The molecule has 2 saturated heterocycles. The molecular weight excluding hydrogens is 530 g/mol. The van der Waals surface area contributed by atoms with Crippen molar-refractivity contribution in [2.45, 2.75) is 168 Å². The highest BCUT2D eigenvalue weighted by molar-refractivity contribution is 6.74. The minimum absolute atomic E-state index is 0.00624. The Hall–Kier alpha value is -0.496. The highest BCUT2D eigenvalue weighted by Gasteiger charge is 2.58. The van der Waals surface area contributed by atoms with Gasteiger partial charge in [0.15, 0.2) is 22.4 Å². The first-order valence-corrected chi connectivity index (χ1v) is 20.3. The third kappa shape index (κ3) is 8.29. The fourth-order valence-electron chi connectivity index (χ4n) is 4.40. The van der Waals surface area contributed by atoms with Crippen LogP contribution in [0.5, 0.6) is 0 Å². The molecule has 10 heteroatoms. The van der Waals surface area contributed by atoms with Gasteiger partial charge in [-0.05, 0) is 84.7 Å². The zero-order chi connectivity index (χ0) is 30.6. The molecule has 1 amide bonds. The van der Waals surface area contributed by atoms with Gasteiger partial charge in [0.25, 0.3) is 0 Å². The normalized spacial score (nSPS) is 27.1. The van der Waals surface area contributed by atoms with Crippen LogP contribution < -0.4 is 0 Å². The van der Waals surface area contributed by atoms with E-state index in [1.807, 2.05) is 48.5 Å². The van der Waals surface area contributed by atoms with Crippen LogP contribution in [0.15, 0.2) is 0 Å². The van der Waals surface area contributed by atoms with E-state index in [-0.39, 0.29) is 16.2 Å². The molecule has 230 valence electrons. The molecule has 0 saturated carbocycles. The molecule has 0 N–H and O–H groups in total. The summed E-state index contributed by atoms with van der Waals surface area (Å²) in [7, 11) is -4.31. The molecule has 0 aliphatic carbocycles. The molecule has 0 aromatic rings. The van der Waals surface area contributed by atoms with Crippen LogP contribution in [0.25, 0.3) is 0 Å². The van der Waals surface area contributed by atoms with Gasteiger partial charge in [0, 0.05) is 0 Å². The maximum atomic E-state index is 13.5. The summed E-state index contributed by atoms with van der Waals surface area (Å²) in [5, 5.41) is 0.0464. The predicted octanol–water partition coefficient (Wildman–Crippen LogP) is 7.29. The van der Waals surface area contributed by atoms with Crippen LogP contribution >= 0.6 is 0 Å². The minimum Gasteiger partial charge on any atom is -0.444 e. The topological polar surface area (TPSA) is 75.7 Å². The highest BCUT2D eigenvalue weighted by atomic mass is 28.4. The monoisotopic (exact) mass is 589 g/mol. The number of nitrogens with zero attached hydrogens (tertiary/aromatic N) is 1. The SMILES string of the molecule is CC(C)(C)OC(=O)N1[C@H]([C@@H]2OC(C)(C)O[C@@H]2[C@@H](CO[Si](C)(C)C(C)(C)C)O[Si](C)(C)C(C)(C)C)COC1(C)C. The fourth-order valence-corrected chi connectivity index (χ4v) is 6.73. The Morgan fingerprint density at radius 1 is 0.897 bits per heavy atom. The van der Waals surface area contributed by atoms with Crippen molar-refractivity contribution in [2.75, 3.05) is 13.2 Å². The van der Waals surface area contributed by atoms with E-state index in [0.717, 1.165) is 0 Å². The zero-order valence-electron chi connectivity index (χ0n) is 28.0. The molecule has 8 nitrogen and oxygen atoms in total. The van der Waals surface area contributed by atoms with Gasteiger partial charge in [-0.1, -0.05) is 41.5 Å². The fraction of sp³-hybridized carbons (Fsp3) is 0.966. The van der Waals surface area contributed by atoms with Gasteiger partial charge in [0.2, 0.25) is 0 Å². The van der Waals surface area contributed by atoms with Crippen molar-refractivity contribution < 1.29 is 32.6 Å². The van der Waals surface area contributed by atoms with E-state index in [4.69, 9.17) is 27.8 Å². The van der Waals surface area contributed by atoms with Gasteiger partial charge in [-0.15, -0.1) is 0 Å². The van der Waals surface area contributed by atoms with E-state index in [0.29, 0.717) is 13.2 Å². The summed E-state index contributed by atoms with van der Waals surface area (Å²) < 4.78 is 39.0. The van der Waals surface area contributed by atoms with E-state index in [2.05, 4.69) is 67.7 Å². The van der Waals surface area contributed by atoms with Gasteiger partial charge in [0.05, 0.1) is 25.4 Å². The maximum absolute atomic E-state index is 13.5. The van der Waals surface area contributed by atoms with Crippen LogP contribution in [0.2, 0.25) is 36.3 Å². The summed E-state index contributed by atoms with van der Waals surface area (Å²) in [5.74, 6) is -0.867. The Labute approximate surface area is 241 Å². The van der Waals surface area contributed by atoms with Crippen molar-refractivity contribution in [3.8, 4) is 0 Å². The molecule has 2 rings (SSSR count). The van der Waals surface area contributed by atoms with E-state index in [9.17, 15) is 4.79 Å². The zero-order valence-corrected chi connectivity index (χ0v) is 30.0. The summed E-state index contributed by atoms with van der Waals surface area (Å²) in [6.07, 6.45) is -1.77. The van der Waals surface area contributed by atoms with Crippen molar-refractivity contribution in [3.05, 3.63) is 0 Å². The van der Waals surface area contributed by atoms with Crippen LogP contribution in [-0.2, 0) is 27.8 Å². The number of ether oxygens (including phenoxy) is 4. The Balaban J connectivity index is 2.52. The van der Waals surface area contributed by atoms with Gasteiger partial charge >= 0.3 is 6.09 Å². The molecule has 0 unspecified atom stereocenters. The average Bonchev–Trinajstić information content (AvgIpc) is 3.16. The summed E-state index contributed by atoms with van der Waals surface area (Å²) in [5.41, 5.74) is -1.50. The number of rotatable bonds is 7. The predicted molar refractivity (Wildman–Crippen MR) is 161 cm³/mol. The smallest absolute Gasteiger partial charge is 0.412 e. The van der Waals surface area contributed by atoms with Crippen molar-refractivity contribution in [1.29, 1.82) is 0 Å². The largest absolute Gasteiger partial charge is 0.444 e. The lowest BCUT2D eigenvalue weighted by Gasteiger charge is -2.44.